The van der Waals surface area contributed by atoms with Crippen molar-refractivity contribution in [2.24, 2.45) is 5.92 Å². The molecule has 1 atom stereocenters. The Morgan fingerprint density at radius 2 is 1.65 bits per heavy atom. The molecule has 2 nitrogen and oxygen atoms in total. The number of hydrogen-bond acceptors (Lipinski definition) is 2. The SMILES string of the molecule is Cc1ccc(C[C@H](C)C(=O)OCc2ccccc2)cc1. The van der Waals surface area contributed by atoms with E-state index >= 15 is 0 Å². The molecule has 0 amide bonds. The van der Waals surface area contributed by atoms with Gasteiger partial charge in [0.25, 0.3) is 0 Å². The van der Waals surface area contributed by atoms with Crippen molar-refractivity contribution in [2.75, 3.05) is 0 Å². The Morgan fingerprint density at radius 3 is 2.30 bits per heavy atom. The Bertz CT molecular complexity index is 543. The van der Waals surface area contributed by atoms with Crippen LogP contribution in [0.5, 0.6) is 0 Å². The zero-order valence-electron chi connectivity index (χ0n) is 12.0. The highest BCUT2D eigenvalue weighted by Crippen LogP contribution is 2.12. The summed E-state index contributed by atoms with van der Waals surface area (Å²) < 4.78 is 5.35. The fraction of sp³-hybridized carbons (Fsp3) is 0.278. The summed E-state index contributed by atoms with van der Waals surface area (Å²) in [6.07, 6.45) is 0.716. The third-order valence-corrected chi connectivity index (χ3v) is 3.29. The van der Waals surface area contributed by atoms with Crippen LogP contribution in [0.1, 0.15) is 23.6 Å². The molecule has 2 aromatic carbocycles. The van der Waals surface area contributed by atoms with Crippen molar-refractivity contribution in [2.45, 2.75) is 26.9 Å². The third-order valence-electron chi connectivity index (χ3n) is 3.29. The molecule has 0 unspecified atom stereocenters. The van der Waals surface area contributed by atoms with Gasteiger partial charge in [0.15, 0.2) is 0 Å². The van der Waals surface area contributed by atoms with Gasteiger partial charge in [-0.3, -0.25) is 4.79 Å². The Balaban J connectivity index is 1.84. The molecule has 0 aliphatic carbocycles. The van der Waals surface area contributed by atoms with Gasteiger partial charge < -0.3 is 4.74 Å². The monoisotopic (exact) mass is 268 g/mol. The molecule has 0 aliphatic heterocycles. The number of carbonyl (C=O) groups excluding carboxylic acids is 1. The van der Waals surface area contributed by atoms with Gasteiger partial charge in [-0.1, -0.05) is 67.1 Å². The minimum absolute atomic E-state index is 0.124. The Labute approximate surface area is 120 Å². The maximum absolute atomic E-state index is 12.0. The van der Waals surface area contributed by atoms with Crippen LogP contribution in [0.4, 0.5) is 0 Å². The lowest BCUT2D eigenvalue weighted by Crippen LogP contribution is -2.17. The quantitative estimate of drug-likeness (QED) is 0.768. The molecule has 0 radical (unpaired) electrons. The van der Waals surface area contributed by atoms with Crippen LogP contribution < -0.4 is 0 Å². The number of esters is 1. The van der Waals surface area contributed by atoms with E-state index in [2.05, 4.69) is 31.2 Å². The predicted octanol–water partition coefficient (Wildman–Crippen LogP) is 3.92. The molecule has 0 aliphatic rings. The first-order chi connectivity index (χ1) is 9.65. The lowest BCUT2D eigenvalue weighted by Gasteiger charge is -2.12. The van der Waals surface area contributed by atoms with E-state index in [1.165, 1.54) is 11.1 Å². The minimum atomic E-state index is -0.144. The van der Waals surface area contributed by atoms with Gasteiger partial charge in [0.2, 0.25) is 0 Å². The van der Waals surface area contributed by atoms with Crippen molar-refractivity contribution in [3.05, 3.63) is 71.3 Å². The second-order valence-corrected chi connectivity index (χ2v) is 5.18. The number of benzene rings is 2. The van der Waals surface area contributed by atoms with Gasteiger partial charge in [-0.05, 0) is 24.5 Å². The van der Waals surface area contributed by atoms with Crippen LogP contribution in [0, 0.1) is 12.8 Å². The second-order valence-electron chi connectivity index (χ2n) is 5.18. The fourth-order valence-electron chi connectivity index (χ4n) is 2.03. The molecule has 2 heteroatoms. The summed E-state index contributed by atoms with van der Waals surface area (Å²) in [7, 11) is 0. The number of hydrogen-bond donors (Lipinski definition) is 0. The topological polar surface area (TPSA) is 26.3 Å². The van der Waals surface area contributed by atoms with Gasteiger partial charge in [0.05, 0.1) is 5.92 Å². The van der Waals surface area contributed by atoms with E-state index < -0.39 is 0 Å². The maximum atomic E-state index is 12.0. The van der Waals surface area contributed by atoms with Gasteiger partial charge in [-0.2, -0.15) is 0 Å². The molecular formula is C18H20O2. The van der Waals surface area contributed by atoms with Crippen molar-refractivity contribution in [1.29, 1.82) is 0 Å². The summed E-state index contributed by atoms with van der Waals surface area (Å²) >= 11 is 0. The molecule has 0 fully saturated rings. The van der Waals surface area contributed by atoms with E-state index in [9.17, 15) is 4.79 Å². The number of aryl methyl sites for hydroxylation is 1. The predicted molar refractivity (Wildman–Crippen MR) is 80.3 cm³/mol. The van der Waals surface area contributed by atoms with Crippen molar-refractivity contribution in [3.8, 4) is 0 Å². The first kappa shape index (κ1) is 14.3. The van der Waals surface area contributed by atoms with Crippen LogP contribution in [0.15, 0.2) is 54.6 Å². The molecule has 2 aromatic rings. The van der Waals surface area contributed by atoms with Gasteiger partial charge >= 0.3 is 5.97 Å². The van der Waals surface area contributed by atoms with Crippen molar-refractivity contribution < 1.29 is 9.53 Å². The molecule has 104 valence electrons. The van der Waals surface area contributed by atoms with Crippen LogP contribution in [-0.2, 0) is 22.6 Å². The molecule has 0 bridgehead atoms. The minimum Gasteiger partial charge on any atom is -0.461 e. The van der Waals surface area contributed by atoms with E-state index in [1.54, 1.807) is 0 Å². The van der Waals surface area contributed by atoms with Crippen LogP contribution >= 0.6 is 0 Å². The average molecular weight is 268 g/mol. The van der Waals surface area contributed by atoms with Crippen LogP contribution in [0.3, 0.4) is 0 Å². The van der Waals surface area contributed by atoms with E-state index in [0.29, 0.717) is 13.0 Å². The highest BCUT2D eigenvalue weighted by molar-refractivity contribution is 5.72. The summed E-state index contributed by atoms with van der Waals surface area (Å²) in [6.45, 7) is 4.31. The maximum Gasteiger partial charge on any atom is 0.309 e. The summed E-state index contributed by atoms with van der Waals surface area (Å²) in [5.74, 6) is -0.268. The van der Waals surface area contributed by atoms with Crippen molar-refractivity contribution >= 4 is 5.97 Å². The Kier molecular flexibility index (Phi) is 4.94. The summed E-state index contributed by atoms with van der Waals surface area (Å²) in [4.78, 5) is 12.0. The fourth-order valence-corrected chi connectivity index (χ4v) is 2.03. The van der Waals surface area contributed by atoms with E-state index in [1.807, 2.05) is 37.3 Å². The van der Waals surface area contributed by atoms with Crippen LogP contribution in [0.2, 0.25) is 0 Å². The molecule has 0 saturated heterocycles. The van der Waals surface area contributed by atoms with Gasteiger partial charge in [-0.25, -0.2) is 0 Å². The Hall–Kier alpha value is -2.09. The average Bonchev–Trinajstić information content (AvgIpc) is 2.48. The summed E-state index contributed by atoms with van der Waals surface area (Å²) in [5.41, 5.74) is 3.41. The molecule has 0 heterocycles. The third kappa shape index (κ3) is 4.23. The van der Waals surface area contributed by atoms with Gasteiger partial charge in [-0.15, -0.1) is 0 Å². The van der Waals surface area contributed by atoms with Crippen molar-refractivity contribution in [1.82, 2.24) is 0 Å². The van der Waals surface area contributed by atoms with Gasteiger partial charge in [0, 0.05) is 0 Å². The first-order valence-electron chi connectivity index (χ1n) is 6.91. The van der Waals surface area contributed by atoms with Crippen LogP contribution in [-0.4, -0.2) is 5.97 Å². The highest BCUT2D eigenvalue weighted by Gasteiger charge is 2.15. The van der Waals surface area contributed by atoms with Crippen LogP contribution in [0.25, 0.3) is 0 Å². The second kappa shape index (κ2) is 6.90. The molecule has 0 N–H and O–H groups in total. The molecule has 20 heavy (non-hydrogen) atoms. The smallest absolute Gasteiger partial charge is 0.309 e. The number of ether oxygens (including phenoxy) is 1. The highest BCUT2D eigenvalue weighted by atomic mass is 16.5. The van der Waals surface area contributed by atoms with E-state index in [-0.39, 0.29) is 11.9 Å². The summed E-state index contributed by atoms with van der Waals surface area (Å²) in [6, 6.07) is 18.0. The number of carbonyl (C=O) groups is 1. The Morgan fingerprint density at radius 1 is 1.00 bits per heavy atom. The molecule has 0 spiro atoms. The lowest BCUT2D eigenvalue weighted by molar-refractivity contribution is -0.149. The zero-order chi connectivity index (χ0) is 14.4. The lowest BCUT2D eigenvalue weighted by atomic mass is 10.0. The van der Waals surface area contributed by atoms with E-state index in [0.717, 1.165) is 5.56 Å². The largest absolute Gasteiger partial charge is 0.461 e. The van der Waals surface area contributed by atoms with Crippen molar-refractivity contribution in [3.63, 3.8) is 0 Å². The molecular weight excluding hydrogens is 248 g/mol. The van der Waals surface area contributed by atoms with E-state index in [4.69, 9.17) is 4.74 Å². The molecule has 0 aromatic heterocycles. The standard InChI is InChI=1S/C18H20O2/c1-14-8-10-16(11-9-14)12-15(2)18(19)20-13-17-6-4-3-5-7-17/h3-11,15H,12-13H2,1-2H3/t15-/m0/s1. The normalized spacial score (nSPS) is 11.9. The molecule has 2 rings (SSSR count). The first-order valence-corrected chi connectivity index (χ1v) is 6.91. The molecule has 0 saturated carbocycles. The summed E-state index contributed by atoms with van der Waals surface area (Å²) in [5, 5.41) is 0. The van der Waals surface area contributed by atoms with Gasteiger partial charge in [0.1, 0.15) is 6.61 Å². The number of rotatable bonds is 5. The zero-order valence-corrected chi connectivity index (χ0v) is 12.0.